The van der Waals surface area contributed by atoms with Crippen LogP contribution in [0, 0.1) is 5.92 Å². The Morgan fingerprint density at radius 3 is 3.06 bits per heavy atom. The number of rotatable bonds is 2. The summed E-state index contributed by atoms with van der Waals surface area (Å²) >= 11 is 5.86. The van der Waals surface area contributed by atoms with Gasteiger partial charge in [0.05, 0.1) is 12.6 Å². The van der Waals surface area contributed by atoms with Crippen LogP contribution in [0.15, 0.2) is 24.3 Å². The van der Waals surface area contributed by atoms with Gasteiger partial charge in [0.15, 0.2) is 0 Å². The summed E-state index contributed by atoms with van der Waals surface area (Å²) in [6.07, 6.45) is 0.925. The molecular formula is C13H17ClN2O2. The highest BCUT2D eigenvalue weighted by Crippen LogP contribution is 2.24. The van der Waals surface area contributed by atoms with Crippen molar-refractivity contribution in [2.45, 2.75) is 19.4 Å². The molecule has 1 aliphatic rings. The number of amides is 2. The second-order valence-corrected chi connectivity index (χ2v) is 5.09. The Balaban J connectivity index is 2.04. The van der Waals surface area contributed by atoms with Crippen LogP contribution in [-0.2, 0) is 0 Å². The summed E-state index contributed by atoms with van der Waals surface area (Å²) in [7, 11) is 0. The lowest BCUT2D eigenvalue weighted by Crippen LogP contribution is -2.42. The number of nitrogens with zero attached hydrogens (tertiary/aromatic N) is 1. The van der Waals surface area contributed by atoms with Crippen LogP contribution >= 0.6 is 11.6 Å². The first-order valence-corrected chi connectivity index (χ1v) is 6.43. The normalized spacial score (nSPS) is 23.2. The lowest BCUT2D eigenvalue weighted by Gasteiger charge is -2.25. The third-order valence-electron chi connectivity index (χ3n) is 3.41. The molecule has 4 nitrogen and oxygen atoms in total. The molecular weight excluding hydrogens is 252 g/mol. The number of aliphatic hydroxyl groups excluding tert-OH is 1. The lowest BCUT2D eigenvalue weighted by molar-refractivity contribution is 0.152. The van der Waals surface area contributed by atoms with Crippen molar-refractivity contribution in [1.29, 1.82) is 0 Å². The smallest absolute Gasteiger partial charge is 0.322 e. The highest BCUT2D eigenvalue weighted by Gasteiger charge is 2.33. The van der Waals surface area contributed by atoms with E-state index in [0.717, 1.165) is 6.42 Å². The minimum Gasteiger partial charge on any atom is -0.394 e. The van der Waals surface area contributed by atoms with Gasteiger partial charge in [0.2, 0.25) is 0 Å². The second kappa shape index (κ2) is 5.59. The number of likely N-dealkylation sites (tertiary alicyclic amines) is 1. The number of anilines is 1. The van der Waals surface area contributed by atoms with E-state index < -0.39 is 0 Å². The molecule has 0 bridgehead atoms. The molecule has 0 spiro atoms. The third-order valence-corrected chi connectivity index (χ3v) is 3.64. The van der Waals surface area contributed by atoms with E-state index in [4.69, 9.17) is 11.6 Å². The zero-order chi connectivity index (χ0) is 13.1. The summed E-state index contributed by atoms with van der Waals surface area (Å²) in [5, 5.41) is 12.7. The van der Waals surface area contributed by atoms with Gasteiger partial charge in [-0.2, -0.15) is 0 Å². The summed E-state index contributed by atoms with van der Waals surface area (Å²) in [5.41, 5.74) is 0.670. The number of halogens is 1. The highest BCUT2D eigenvalue weighted by molar-refractivity contribution is 6.30. The molecule has 0 radical (unpaired) electrons. The van der Waals surface area contributed by atoms with Crippen molar-refractivity contribution in [3.8, 4) is 0 Å². The molecule has 1 saturated heterocycles. The highest BCUT2D eigenvalue weighted by atomic mass is 35.5. The Morgan fingerprint density at radius 1 is 1.61 bits per heavy atom. The Hall–Kier alpha value is -1.26. The van der Waals surface area contributed by atoms with Gasteiger partial charge >= 0.3 is 6.03 Å². The number of aliphatic hydroxyl groups is 1. The zero-order valence-corrected chi connectivity index (χ0v) is 11.0. The monoisotopic (exact) mass is 268 g/mol. The fourth-order valence-corrected chi connectivity index (χ4v) is 2.49. The van der Waals surface area contributed by atoms with Crippen LogP contribution in [0.3, 0.4) is 0 Å². The summed E-state index contributed by atoms with van der Waals surface area (Å²) in [6.45, 7) is 2.73. The Kier molecular flexibility index (Phi) is 4.09. The standard InChI is InChI=1S/C13H17ClN2O2/c1-9-5-6-16(12(9)8-17)13(18)15-11-4-2-3-10(14)7-11/h2-4,7,9,12,17H,5-6,8H2,1H3,(H,15,18). The van der Waals surface area contributed by atoms with Crippen molar-refractivity contribution >= 4 is 23.3 Å². The van der Waals surface area contributed by atoms with E-state index in [0.29, 0.717) is 23.2 Å². The Morgan fingerprint density at radius 2 is 2.39 bits per heavy atom. The lowest BCUT2D eigenvalue weighted by atomic mass is 10.0. The van der Waals surface area contributed by atoms with Crippen molar-refractivity contribution < 1.29 is 9.90 Å². The third kappa shape index (κ3) is 2.76. The van der Waals surface area contributed by atoms with Gasteiger partial charge in [-0.1, -0.05) is 24.6 Å². The minimum atomic E-state index is -0.180. The largest absolute Gasteiger partial charge is 0.394 e. The van der Waals surface area contributed by atoms with Gasteiger partial charge in [-0.15, -0.1) is 0 Å². The van der Waals surface area contributed by atoms with E-state index in [1.54, 1.807) is 29.2 Å². The first-order chi connectivity index (χ1) is 8.61. The molecule has 1 aromatic carbocycles. The Labute approximate surface area is 112 Å². The van der Waals surface area contributed by atoms with Gasteiger partial charge in [0.25, 0.3) is 0 Å². The zero-order valence-electron chi connectivity index (χ0n) is 10.3. The Bertz CT molecular complexity index is 439. The first kappa shape index (κ1) is 13.2. The number of carbonyl (C=O) groups is 1. The van der Waals surface area contributed by atoms with E-state index in [9.17, 15) is 9.90 Å². The van der Waals surface area contributed by atoms with Crippen molar-refractivity contribution in [3.63, 3.8) is 0 Å². The van der Waals surface area contributed by atoms with Gasteiger partial charge in [0, 0.05) is 17.3 Å². The van der Waals surface area contributed by atoms with Gasteiger partial charge in [-0.05, 0) is 30.5 Å². The van der Waals surface area contributed by atoms with Crippen LogP contribution in [0.25, 0.3) is 0 Å². The predicted octanol–water partition coefficient (Wildman–Crippen LogP) is 2.57. The first-order valence-electron chi connectivity index (χ1n) is 6.06. The van der Waals surface area contributed by atoms with E-state index >= 15 is 0 Å². The molecule has 2 atom stereocenters. The molecule has 1 aromatic rings. The fourth-order valence-electron chi connectivity index (χ4n) is 2.30. The second-order valence-electron chi connectivity index (χ2n) is 4.65. The molecule has 2 rings (SSSR count). The average molecular weight is 269 g/mol. The topological polar surface area (TPSA) is 52.6 Å². The van der Waals surface area contributed by atoms with Gasteiger partial charge in [0.1, 0.15) is 0 Å². The molecule has 98 valence electrons. The van der Waals surface area contributed by atoms with Gasteiger partial charge in [-0.3, -0.25) is 0 Å². The van der Waals surface area contributed by atoms with E-state index in [1.165, 1.54) is 0 Å². The summed E-state index contributed by atoms with van der Waals surface area (Å²) in [5.74, 6) is 0.333. The van der Waals surface area contributed by atoms with Crippen molar-refractivity contribution in [1.82, 2.24) is 4.90 Å². The molecule has 2 amide bonds. The molecule has 1 heterocycles. The number of nitrogens with one attached hydrogen (secondary N) is 1. The molecule has 0 saturated carbocycles. The van der Waals surface area contributed by atoms with Gasteiger partial charge < -0.3 is 15.3 Å². The van der Waals surface area contributed by atoms with Crippen LogP contribution in [-0.4, -0.2) is 35.2 Å². The van der Waals surface area contributed by atoms with Crippen LogP contribution in [0.5, 0.6) is 0 Å². The number of carbonyl (C=O) groups excluding carboxylic acids is 1. The molecule has 1 fully saturated rings. The fraction of sp³-hybridized carbons (Fsp3) is 0.462. The minimum absolute atomic E-state index is 0.00410. The van der Waals surface area contributed by atoms with E-state index in [1.807, 2.05) is 6.92 Å². The molecule has 5 heteroatoms. The maximum absolute atomic E-state index is 12.1. The van der Waals surface area contributed by atoms with Crippen molar-refractivity contribution in [2.24, 2.45) is 5.92 Å². The molecule has 1 aliphatic heterocycles. The number of hydrogen-bond acceptors (Lipinski definition) is 2. The molecule has 2 N–H and O–H groups in total. The van der Waals surface area contributed by atoms with Crippen LogP contribution in [0.4, 0.5) is 10.5 Å². The molecule has 2 unspecified atom stereocenters. The van der Waals surface area contributed by atoms with Crippen LogP contribution in [0.2, 0.25) is 5.02 Å². The number of urea groups is 1. The molecule has 0 aromatic heterocycles. The molecule has 0 aliphatic carbocycles. The van der Waals surface area contributed by atoms with E-state index in [2.05, 4.69) is 5.32 Å². The SMILES string of the molecule is CC1CCN(C(=O)Nc2cccc(Cl)c2)C1CO. The maximum Gasteiger partial charge on any atom is 0.322 e. The summed E-state index contributed by atoms with van der Waals surface area (Å²) in [6, 6.07) is 6.76. The predicted molar refractivity (Wildman–Crippen MR) is 71.8 cm³/mol. The van der Waals surface area contributed by atoms with E-state index in [-0.39, 0.29) is 18.7 Å². The maximum atomic E-state index is 12.1. The summed E-state index contributed by atoms with van der Waals surface area (Å²) < 4.78 is 0. The van der Waals surface area contributed by atoms with Crippen molar-refractivity contribution in [2.75, 3.05) is 18.5 Å². The van der Waals surface area contributed by atoms with Crippen LogP contribution < -0.4 is 5.32 Å². The van der Waals surface area contributed by atoms with Gasteiger partial charge in [-0.25, -0.2) is 4.79 Å². The quantitative estimate of drug-likeness (QED) is 0.866. The summed E-state index contributed by atoms with van der Waals surface area (Å²) in [4.78, 5) is 13.8. The average Bonchev–Trinajstić information content (AvgIpc) is 2.70. The van der Waals surface area contributed by atoms with Crippen LogP contribution in [0.1, 0.15) is 13.3 Å². The van der Waals surface area contributed by atoms with Crippen molar-refractivity contribution in [3.05, 3.63) is 29.3 Å². The molecule has 18 heavy (non-hydrogen) atoms. The number of hydrogen-bond donors (Lipinski definition) is 2. The number of benzene rings is 1.